The van der Waals surface area contributed by atoms with Crippen molar-refractivity contribution >= 4 is 33.3 Å². The Labute approximate surface area is 143 Å². The van der Waals surface area contributed by atoms with Crippen molar-refractivity contribution in [3.05, 3.63) is 44.4 Å². The molecule has 1 aromatic carbocycles. The third-order valence-corrected chi connectivity index (χ3v) is 4.23. The fourth-order valence-corrected chi connectivity index (χ4v) is 2.71. The van der Waals surface area contributed by atoms with E-state index in [1.807, 2.05) is 0 Å². The van der Waals surface area contributed by atoms with E-state index in [0.29, 0.717) is 0 Å². The molecule has 1 aromatic heterocycles. The van der Waals surface area contributed by atoms with Crippen molar-refractivity contribution in [3.63, 3.8) is 0 Å². The predicted molar refractivity (Wildman–Crippen MR) is 80.7 cm³/mol. The fraction of sp³-hybridized carbons (Fsp3) is 0.167. The average Bonchev–Trinajstić information content (AvgIpc) is 2.40. The standard InChI is InChI=1S/C12H7Cl2F3N2O4S/c1-5-10(23-24(21,22)12(15,16)17)9(19-11(20)18-5)7-3-2-6(13)4-8(7)14/h2-4H,1H3,(H,18,19,20). The summed E-state index contributed by atoms with van der Waals surface area (Å²) in [4.78, 5) is 17.0. The van der Waals surface area contributed by atoms with E-state index >= 15 is 0 Å². The number of H-pyrrole nitrogens is 1. The van der Waals surface area contributed by atoms with E-state index < -0.39 is 32.8 Å². The summed E-state index contributed by atoms with van der Waals surface area (Å²) in [6.45, 7) is 1.15. The Balaban J connectivity index is 2.72. The van der Waals surface area contributed by atoms with E-state index in [1.165, 1.54) is 18.2 Å². The van der Waals surface area contributed by atoms with Crippen molar-refractivity contribution in [2.75, 3.05) is 0 Å². The molecule has 2 aromatic rings. The number of hydrogen-bond acceptors (Lipinski definition) is 5. The zero-order chi connectivity index (χ0) is 18.3. The Bertz CT molecular complexity index is 958. The van der Waals surface area contributed by atoms with Gasteiger partial charge in [0.25, 0.3) is 0 Å². The molecule has 0 fully saturated rings. The van der Waals surface area contributed by atoms with Crippen LogP contribution in [0.4, 0.5) is 13.2 Å². The molecular formula is C12H7Cl2F3N2O4S. The minimum Gasteiger partial charge on any atom is -0.372 e. The lowest BCUT2D eigenvalue weighted by molar-refractivity contribution is -0.0500. The van der Waals surface area contributed by atoms with E-state index in [-0.39, 0.29) is 21.3 Å². The minimum atomic E-state index is -5.97. The van der Waals surface area contributed by atoms with Crippen molar-refractivity contribution < 1.29 is 25.8 Å². The number of alkyl halides is 3. The second-order valence-corrected chi connectivity index (χ2v) is 6.83. The van der Waals surface area contributed by atoms with Gasteiger partial charge in [-0.2, -0.15) is 26.6 Å². The van der Waals surface area contributed by atoms with Crippen molar-refractivity contribution in [2.45, 2.75) is 12.4 Å². The molecule has 0 aliphatic heterocycles. The molecule has 0 saturated carbocycles. The molecule has 0 aliphatic rings. The Morgan fingerprint density at radius 2 is 1.88 bits per heavy atom. The second-order valence-electron chi connectivity index (χ2n) is 4.45. The monoisotopic (exact) mass is 402 g/mol. The van der Waals surface area contributed by atoms with Gasteiger partial charge in [-0.05, 0) is 25.1 Å². The number of halogens is 5. The molecule has 6 nitrogen and oxygen atoms in total. The van der Waals surface area contributed by atoms with E-state index in [0.717, 1.165) is 6.92 Å². The zero-order valence-electron chi connectivity index (χ0n) is 11.6. The Hall–Kier alpha value is -1.78. The van der Waals surface area contributed by atoms with Gasteiger partial charge in [0.1, 0.15) is 5.69 Å². The highest BCUT2D eigenvalue weighted by molar-refractivity contribution is 7.88. The molecule has 12 heteroatoms. The van der Waals surface area contributed by atoms with Crippen molar-refractivity contribution in [3.8, 4) is 17.0 Å². The molecule has 1 heterocycles. The van der Waals surface area contributed by atoms with Gasteiger partial charge < -0.3 is 9.17 Å². The molecule has 0 atom stereocenters. The lowest BCUT2D eigenvalue weighted by Crippen LogP contribution is -2.29. The molecule has 0 radical (unpaired) electrons. The maximum Gasteiger partial charge on any atom is 0.534 e. The Morgan fingerprint density at radius 1 is 1.25 bits per heavy atom. The third-order valence-electron chi connectivity index (χ3n) is 2.73. The van der Waals surface area contributed by atoms with E-state index in [4.69, 9.17) is 23.2 Å². The van der Waals surface area contributed by atoms with Crippen LogP contribution in [0.5, 0.6) is 5.75 Å². The molecule has 24 heavy (non-hydrogen) atoms. The SMILES string of the molecule is Cc1[nH]c(=O)nc(-c2ccc(Cl)cc2Cl)c1OS(=O)(=O)C(F)(F)F. The zero-order valence-corrected chi connectivity index (χ0v) is 13.9. The summed E-state index contributed by atoms with van der Waals surface area (Å²) in [7, 11) is -5.97. The largest absolute Gasteiger partial charge is 0.534 e. The highest BCUT2D eigenvalue weighted by Gasteiger charge is 2.49. The van der Waals surface area contributed by atoms with Gasteiger partial charge in [0.15, 0.2) is 5.75 Å². The average molecular weight is 403 g/mol. The minimum absolute atomic E-state index is 0.0253. The first-order valence-corrected chi connectivity index (χ1v) is 8.16. The fourth-order valence-electron chi connectivity index (χ4n) is 1.70. The highest BCUT2D eigenvalue weighted by atomic mass is 35.5. The molecule has 0 bridgehead atoms. The highest BCUT2D eigenvalue weighted by Crippen LogP contribution is 2.37. The maximum absolute atomic E-state index is 12.5. The number of aryl methyl sites for hydroxylation is 1. The molecule has 0 saturated heterocycles. The van der Waals surface area contributed by atoms with Crippen molar-refractivity contribution in [1.29, 1.82) is 0 Å². The van der Waals surface area contributed by atoms with Crippen molar-refractivity contribution in [2.24, 2.45) is 0 Å². The first-order valence-electron chi connectivity index (χ1n) is 5.99. The molecule has 0 aliphatic carbocycles. The van der Waals surface area contributed by atoms with Crippen LogP contribution in [0.25, 0.3) is 11.3 Å². The molecular weight excluding hydrogens is 396 g/mol. The van der Waals surface area contributed by atoms with Crippen LogP contribution in [0.3, 0.4) is 0 Å². The Kier molecular flexibility index (Phi) is 4.84. The van der Waals surface area contributed by atoms with Crippen LogP contribution in [0.1, 0.15) is 5.69 Å². The summed E-state index contributed by atoms with van der Waals surface area (Å²) < 4.78 is 64.3. The van der Waals surface area contributed by atoms with Crippen LogP contribution in [0.15, 0.2) is 23.0 Å². The summed E-state index contributed by atoms with van der Waals surface area (Å²) in [5.41, 5.74) is -7.35. The molecule has 130 valence electrons. The van der Waals surface area contributed by atoms with Crippen LogP contribution in [0, 0.1) is 6.92 Å². The summed E-state index contributed by atoms with van der Waals surface area (Å²) >= 11 is 11.7. The summed E-state index contributed by atoms with van der Waals surface area (Å²) in [5, 5.41) is 0.157. The molecule has 0 spiro atoms. The van der Waals surface area contributed by atoms with Gasteiger partial charge in [0, 0.05) is 10.6 Å². The normalized spacial score (nSPS) is 12.2. The van der Waals surface area contributed by atoms with E-state index in [9.17, 15) is 26.4 Å². The smallest absolute Gasteiger partial charge is 0.372 e. The number of hydrogen-bond donors (Lipinski definition) is 1. The molecule has 0 unspecified atom stereocenters. The number of benzene rings is 1. The molecule has 0 amide bonds. The van der Waals surface area contributed by atoms with Gasteiger partial charge in [-0.25, -0.2) is 4.79 Å². The molecule has 1 N–H and O–H groups in total. The van der Waals surface area contributed by atoms with Gasteiger partial charge in [-0.1, -0.05) is 23.2 Å². The van der Waals surface area contributed by atoms with Gasteiger partial charge in [0.05, 0.1) is 10.7 Å². The van der Waals surface area contributed by atoms with Gasteiger partial charge >= 0.3 is 21.3 Å². The first kappa shape index (κ1) is 18.6. The van der Waals surface area contributed by atoms with Crippen LogP contribution < -0.4 is 9.87 Å². The lowest BCUT2D eigenvalue weighted by atomic mass is 10.1. The number of aromatic nitrogens is 2. The third kappa shape index (κ3) is 3.65. The van der Waals surface area contributed by atoms with Crippen LogP contribution in [-0.4, -0.2) is 23.9 Å². The van der Waals surface area contributed by atoms with Gasteiger partial charge in [0.2, 0.25) is 0 Å². The van der Waals surface area contributed by atoms with Crippen LogP contribution in [0.2, 0.25) is 10.0 Å². The number of nitrogens with zero attached hydrogens (tertiary/aromatic N) is 1. The van der Waals surface area contributed by atoms with E-state index in [2.05, 4.69) is 14.2 Å². The first-order chi connectivity index (χ1) is 10.9. The topological polar surface area (TPSA) is 89.1 Å². The summed E-state index contributed by atoms with van der Waals surface area (Å²) in [5.74, 6) is -0.795. The predicted octanol–water partition coefficient (Wildman–Crippen LogP) is 3.28. The number of nitrogens with one attached hydrogen (secondary N) is 1. The number of aromatic amines is 1. The van der Waals surface area contributed by atoms with E-state index in [1.54, 1.807) is 0 Å². The lowest BCUT2D eigenvalue weighted by Gasteiger charge is -2.14. The maximum atomic E-state index is 12.5. The van der Waals surface area contributed by atoms with Gasteiger partial charge in [-0.15, -0.1) is 0 Å². The molecule has 2 rings (SSSR count). The van der Waals surface area contributed by atoms with Crippen molar-refractivity contribution in [1.82, 2.24) is 9.97 Å². The Morgan fingerprint density at radius 3 is 2.42 bits per heavy atom. The van der Waals surface area contributed by atoms with Crippen LogP contribution in [-0.2, 0) is 10.1 Å². The van der Waals surface area contributed by atoms with Gasteiger partial charge in [-0.3, -0.25) is 0 Å². The second kappa shape index (κ2) is 6.26. The van der Waals surface area contributed by atoms with Crippen LogP contribution >= 0.6 is 23.2 Å². The number of rotatable bonds is 3. The quantitative estimate of drug-likeness (QED) is 0.628. The summed E-state index contributed by atoms with van der Waals surface area (Å²) in [6.07, 6.45) is 0. The summed E-state index contributed by atoms with van der Waals surface area (Å²) in [6, 6.07) is 3.85.